The Hall–Kier alpha value is -3.17. The van der Waals surface area contributed by atoms with Gasteiger partial charge in [0.1, 0.15) is 5.65 Å². The lowest BCUT2D eigenvalue weighted by molar-refractivity contribution is -0.139. The highest BCUT2D eigenvalue weighted by atomic mass is 32.2. The minimum Gasteiger partial charge on any atom is -0.469 e. The molecule has 1 N–H and O–H groups in total. The smallest absolute Gasteiger partial charge is 0.311 e. The maximum atomic E-state index is 12.4. The molecule has 0 unspecified atom stereocenters. The summed E-state index contributed by atoms with van der Waals surface area (Å²) in [5, 5.41) is 4.93. The van der Waals surface area contributed by atoms with E-state index in [9.17, 15) is 9.59 Å². The lowest BCUT2D eigenvalue weighted by Gasteiger charge is -2.04. The van der Waals surface area contributed by atoms with Gasteiger partial charge in [0, 0.05) is 34.0 Å². The Balaban J connectivity index is 1.33. The molecular weight excluding hydrogens is 420 g/mol. The monoisotopic (exact) mass is 438 g/mol. The third-order valence-electron chi connectivity index (χ3n) is 4.24. The predicted octanol–water partition coefficient (Wildman–Crippen LogP) is 4.05. The number of fused-ring (bicyclic) bond motifs is 1. The highest BCUT2D eigenvalue weighted by Gasteiger charge is 2.11. The van der Waals surface area contributed by atoms with Gasteiger partial charge in [0.15, 0.2) is 5.13 Å². The number of nitrogens with zero attached hydrogens (tertiary/aromatic N) is 3. The van der Waals surface area contributed by atoms with Gasteiger partial charge >= 0.3 is 5.97 Å². The minimum absolute atomic E-state index is 0.0844. The van der Waals surface area contributed by atoms with Gasteiger partial charge in [-0.05, 0) is 36.4 Å². The highest BCUT2D eigenvalue weighted by Crippen LogP contribution is 2.24. The third kappa shape index (κ3) is 4.87. The molecule has 1 aromatic carbocycles. The van der Waals surface area contributed by atoms with Crippen LogP contribution in [0, 0.1) is 0 Å². The molecule has 0 bridgehead atoms. The van der Waals surface area contributed by atoms with Crippen molar-refractivity contribution in [3.05, 3.63) is 77.2 Å². The SMILES string of the molecule is COC(=O)Cc1csc(NC(=O)c2ccc(SCc3cn4ccccc4n3)cc2)n1. The van der Waals surface area contributed by atoms with E-state index in [1.807, 2.05) is 47.1 Å². The fourth-order valence-electron chi connectivity index (χ4n) is 2.75. The lowest BCUT2D eigenvalue weighted by Crippen LogP contribution is -2.12. The van der Waals surface area contributed by atoms with Gasteiger partial charge in [0.05, 0.1) is 24.9 Å². The van der Waals surface area contributed by atoms with E-state index < -0.39 is 0 Å². The number of hydrogen-bond donors (Lipinski definition) is 1. The first-order chi connectivity index (χ1) is 14.6. The molecule has 7 nitrogen and oxygen atoms in total. The van der Waals surface area contributed by atoms with Gasteiger partial charge in [-0.1, -0.05) is 6.07 Å². The zero-order valence-electron chi connectivity index (χ0n) is 16.1. The Labute approximate surface area is 181 Å². The van der Waals surface area contributed by atoms with E-state index in [1.54, 1.807) is 29.3 Å². The quantitative estimate of drug-likeness (QED) is 0.346. The number of methoxy groups -OCH3 is 1. The van der Waals surface area contributed by atoms with Crippen LogP contribution >= 0.6 is 23.1 Å². The van der Waals surface area contributed by atoms with Crippen LogP contribution in [-0.4, -0.2) is 33.4 Å². The maximum absolute atomic E-state index is 12.4. The summed E-state index contributed by atoms with van der Waals surface area (Å²) in [5.41, 5.74) is 3.04. The van der Waals surface area contributed by atoms with E-state index in [4.69, 9.17) is 0 Å². The van der Waals surface area contributed by atoms with Gasteiger partial charge in [-0.25, -0.2) is 9.97 Å². The second-order valence-corrected chi connectivity index (χ2v) is 8.27. The summed E-state index contributed by atoms with van der Waals surface area (Å²) in [6, 6.07) is 13.3. The van der Waals surface area contributed by atoms with E-state index in [2.05, 4.69) is 20.0 Å². The molecule has 0 atom stereocenters. The van der Waals surface area contributed by atoms with Crippen molar-refractivity contribution in [3.8, 4) is 0 Å². The Kier molecular flexibility index (Phi) is 6.10. The van der Waals surface area contributed by atoms with Crippen molar-refractivity contribution < 1.29 is 14.3 Å². The summed E-state index contributed by atoms with van der Waals surface area (Å²) in [6.07, 6.45) is 4.08. The standard InChI is InChI=1S/C21H18N4O3S2/c1-28-19(26)10-15-12-30-21(23-15)24-20(27)14-5-7-17(8-6-14)29-13-16-11-25-9-3-2-4-18(25)22-16/h2-9,11-12H,10,13H2,1H3,(H,23,24,27). The van der Waals surface area contributed by atoms with Crippen molar-refractivity contribution in [1.29, 1.82) is 0 Å². The molecule has 0 spiro atoms. The normalized spacial score (nSPS) is 10.8. The van der Waals surface area contributed by atoms with E-state index in [0.29, 0.717) is 16.4 Å². The zero-order valence-corrected chi connectivity index (χ0v) is 17.7. The topological polar surface area (TPSA) is 85.6 Å². The van der Waals surface area contributed by atoms with Crippen molar-refractivity contribution in [2.24, 2.45) is 0 Å². The third-order valence-corrected chi connectivity index (χ3v) is 6.09. The molecule has 0 saturated heterocycles. The maximum Gasteiger partial charge on any atom is 0.311 e. The average Bonchev–Trinajstić information content (AvgIpc) is 3.38. The second-order valence-electron chi connectivity index (χ2n) is 6.36. The number of ether oxygens (including phenoxy) is 1. The summed E-state index contributed by atoms with van der Waals surface area (Å²) < 4.78 is 6.62. The molecule has 0 aliphatic heterocycles. The summed E-state index contributed by atoms with van der Waals surface area (Å²) in [6.45, 7) is 0. The minimum atomic E-state index is -0.366. The summed E-state index contributed by atoms with van der Waals surface area (Å²) in [5.74, 6) is 0.135. The number of amides is 1. The van der Waals surface area contributed by atoms with Gasteiger partial charge in [0.25, 0.3) is 5.91 Å². The fraction of sp³-hybridized carbons (Fsp3) is 0.143. The van der Waals surface area contributed by atoms with Crippen LogP contribution in [0.25, 0.3) is 5.65 Å². The van der Waals surface area contributed by atoms with Crippen molar-refractivity contribution in [2.75, 3.05) is 12.4 Å². The number of carbonyl (C=O) groups excluding carboxylic acids is 2. The molecule has 3 heterocycles. The number of pyridine rings is 1. The van der Waals surface area contributed by atoms with Crippen LogP contribution in [0.1, 0.15) is 21.7 Å². The first-order valence-corrected chi connectivity index (χ1v) is 11.0. The Morgan fingerprint density at radius 3 is 2.73 bits per heavy atom. The average molecular weight is 439 g/mol. The van der Waals surface area contributed by atoms with Crippen LogP contribution in [0.15, 0.2) is 65.1 Å². The number of hydrogen-bond acceptors (Lipinski definition) is 7. The van der Waals surface area contributed by atoms with Crippen molar-refractivity contribution >= 4 is 45.8 Å². The largest absolute Gasteiger partial charge is 0.469 e. The molecule has 3 aromatic heterocycles. The van der Waals surface area contributed by atoms with Gasteiger partial charge < -0.3 is 9.14 Å². The summed E-state index contributed by atoms with van der Waals surface area (Å²) in [4.78, 5) is 33.6. The number of thiazole rings is 1. The molecule has 0 fully saturated rings. The second kappa shape index (κ2) is 9.10. The molecule has 4 aromatic rings. The number of nitrogens with one attached hydrogen (secondary N) is 1. The molecule has 30 heavy (non-hydrogen) atoms. The number of anilines is 1. The molecule has 9 heteroatoms. The number of thioether (sulfide) groups is 1. The van der Waals surface area contributed by atoms with Gasteiger partial charge in [0.2, 0.25) is 0 Å². The van der Waals surface area contributed by atoms with E-state index >= 15 is 0 Å². The number of imidazole rings is 1. The van der Waals surface area contributed by atoms with Gasteiger partial charge in [-0.15, -0.1) is 23.1 Å². The highest BCUT2D eigenvalue weighted by molar-refractivity contribution is 7.98. The number of benzene rings is 1. The van der Waals surface area contributed by atoms with Gasteiger partial charge in [-0.3, -0.25) is 14.9 Å². The lowest BCUT2D eigenvalue weighted by atomic mass is 10.2. The fourth-order valence-corrected chi connectivity index (χ4v) is 4.24. The predicted molar refractivity (Wildman–Crippen MR) is 117 cm³/mol. The number of esters is 1. The number of aromatic nitrogens is 3. The summed E-state index contributed by atoms with van der Waals surface area (Å²) >= 11 is 2.93. The molecule has 0 aliphatic rings. The molecule has 0 radical (unpaired) electrons. The molecule has 152 valence electrons. The van der Waals surface area contributed by atoms with Gasteiger partial charge in [-0.2, -0.15) is 0 Å². The van der Waals surface area contributed by atoms with Crippen LogP contribution in [0.5, 0.6) is 0 Å². The molecule has 0 aliphatic carbocycles. The Morgan fingerprint density at radius 1 is 1.13 bits per heavy atom. The van der Waals surface area contributed by atoms with Crippen LogP contribution in [0.2, 0.25) is 0 Å². The Bertz CT molecular complexity index is 1150. The first kappa shape index (κ1) is 20.1. The van der Waals surface area contributed by atoms with Crippen LogP contribution in [-0.2, 0) is 21.7 Å². The van der Waals surface area contributed by atoms with Crippen molar-refractivity contribution in [3.63, 3.8) is 0 Å². The zero-order chi connectivity index (χ0) is 20.9. The van der Waals surface area contributed by atoms with Crippen molar-refractivity contribution in [1.82, 2.24) is 14.4 Å². The summed E-state index contributed by atoms with van der Waals surface area (Å²) in [7, 11) is 1.33. The number of carbonyl (C=O) groups is 2. The van der Waals surface area contributed by atoms with Crippen LogP contribution in [0.4, 0.5) is 5.13 Å². The van der Waals surface area contributed by atoms with Crippen LogP contribution in [0.3, 0.4) is 0 Å². The van der Waals surface area contributed by atoms with Crippen LogP contribution < -0.4 is 5.32 Å². The molecular formula is C21H18N4O3S2. The molecule has 4 rings (SSSR count). The molecule has 0 saturated carbocycles. The Morgan fingerprint density at radius 2 is 1.97 bits per heavy atom. The molecule has 1 amide bonds. The van der Waals surface area contributed by atoms with E-state index in [0.717, 1.165) is 22.0 Å². The van der Waals surface area contributed by atoms with E-state index in [-0.39, 0.29) is 18.3 Å². The first-order valence-electron chi connectivity index (χ1n) is 9.09. The van der Waals surface area contributed by atoms with E-state index in [1.165, 1.54) is 18.4 Å². The van der Waals surface area contributed by atoms with Crippen molar-refractivity contribution in [2.45, 2.75) is 17.1 Å². The number of rotatable bonds is 7.